The van der Waals surface area contributed by atoms with E-state index in [4.69, 9.17) is 4.74 Å². The summed E-state index contributed by atoms with van der Waals surface area (Å²) in [7, 11) is 0. The van der Waals surface area contributed by atoms with E-state index in [2.05, 4.69) is 18.8 Å². The highest BCUT2D eigenvalue weighted by atomic mass is 16.6. The second kappa shape index (κ2) is 6.94. The van der Waals surface area contributed by atoms with E-state index >= 15 is 0 Å². The third kappa shape index (κ3) is 6.10. The normalized spacial score (nSPS) is 22.5. The summed E-state index contributed by atoms with van der Waals surface area (Å²) in [4.78, 5) is 13.8. The number of carbonyl (C=O) groups is 1. The summed E-state index contributed by atoms with van der Waals surface area (Å²) in [5, 5.41) is 3.52. The van der Waals surface area contributed by atoms with Crippen molar-refractivity contribution in [3.8, 4) is 0 Å². The molecule has 1 heterocycles. The number of nitrogens with zero attached hydrogens (tertiary/aromatic N) is 1. The molecule has 4 nitrogen and oxygen atoms in total. The van der Waals surface area contributed by atoms with Crippen LogP contribution in [0.4, 0.5) is 4.79 Å². The number of nitrogens with one attached hydrogen (secondary N) is 1. The minimum absolute atomic E-state index is 0.190. The highest BCUT2D eigenvalue weighted by Gasteiger charge is 2.25. The topological polar surface area (TPSA) is 41.6 Å². The van der Waals surface area contributed by atoms with Crippen LogP contribution in [0, 0.1) is 0 Å². The maximum absolute atomic E-state index is 12.0. The fourth-order valence-corrected chi connectivity index (χ4v) is 2.21. The smallest absolute Gasteiger partial charge is 0.410 e. The van der Waals surface area contributed by atoms with Crippen molar-refractivity contribution in [1.82, 2.24) is 10.2 Å². The van der Waals surface area contributed by atoms with Crippen LogP contribution in [0.25, 0.3) is 0 Å². The van der Waals surface area contributed by atoms with E-state index in [0.29, 0.717) is 12.1 Å². The molecule has 0 spiro atoms. The van der Waals surface area contributed by atoms with Crippen molar-refractivity contribution in [2.75, 3.05) is 13.1 Å². The van der Waals surface area contributed by atoms with Gasteiger partial charge >= 0.3 is 6.09 Å². The lowest BCUT2D eigenvalue weighted by atomic mass is 10.1. The van der Waals surface area contributed by atoms with Crippen LogP contribution in [0.15, 0.2) is 12.7 Å². The molecule has 0 radical (unpaired) electrons. The van der Waals surface area contributed by atoms with E-state index in [1.807, 2.05) is 31.7 Å². The van der Waals surface area contributed by atoms with Gasteiger partial charge < -0.3 is 15.0 Å². The number of hydrogen-bond acceptors (Lipinski definition) is 3. The molecule has 4 heteroatoms. The minimum atomic E-state index is -0.418. The van der Waals surface area contributed by atoms with Crippen LogP contribution in [0.1, 0.15) is 47.0 Å². The van der Waals surface area contributed by atoms with Crippen molar-refractivity contribution >= 4 is 6.09 Å². The maximum atomic E-state index is 12.0. The Kier molecular flexibility index (Phi) is 5.85. The van der Waals surface area contributed by atoms with Gasteiger partial charge in [-0.25, -0.2) is 4.79 Å². The molecule has 1 amide bonds. The molecule has 1 aliphatic rings. The van der Waals surface area contributed by atoms with Gasteiger partial charge in [0, 0.05) is 25.2 Å². The van der Waals surface area contributed by atoms with Crippen LogP contribution in [-0.4, -0.2) is 41.8 Å². The zero-order valence-corrected chi connectivity index (χ0v) is 12.7. The molecular weight excluding hydrogens is 240 g/mol. The van der Waals surface area contributed by atoms with Crippen molar-refractivity contribution in [2.24, 2.45) is 0 Å². The second-order valence-electron chi connectivity index (χ2n) is 6.29. The second-order valence-corrected chi connectivity index (χ2v) is 6.29. The molecular formula is C15H28N2O2. The molecule has 0 aromatic rings. The quantitative estimate of drug-likeness (QED) is 0.800. The summed E-state index contributed by atoms with van der Waals surface area (Å²) in [6.45, 7) is 13.1. The van der Waals surface area contributed by atoms with E-state index in [1.54, 1.807) is 0 Å². The first kappa shape index (κ1) is 16.0. The number of hydrogen-bond donors (Lipinski definition) is 1. The predicted molar refractivity (Wildman–Crippen MR) is 78.2 cm³/mol. The average molecular weight is 268 g/mol. The van der Waals surface area contributed by atoms with Gasteiger partial charge in [-0.15, -0.1) is 6.58 Å². The summed E-state index contributed by atoms with van der Waals surface area (Å²) in [5.74, 6) is 0. The average Bonchev–Trinajstić information content (AvgIpc) is 2.52. The van der Waals surface area contributed by atoms with Crippen molar-refractivity contribution in [3.63, 3.8) is 0 Å². The number of ether oxygens (including phenoxy) is 1. The predicted octanol–water partition coefficient (Wildman–Crippen LogP) is 2.94. The van der Waals surface area contributed by atoms with Crippen molar-refractivity contribution < 1.29 is 9.53 Å². The van der Waals surface area contributed by atoms with Gasteiger partial charge in [0.05, 0.1) is 0 Å². The van der Waals surface area contributed by atoms with Gasteiger partial charge in [-0.05, 0) is 47.0 Å². The summed E-state index contributed by atoms with van der Waals surface area (Å²) in [6.07, 6.45) is 4.80. The van der Waals surface area contributed by atoms with Gasteiger partial charge in [-0.1, -0.05) is 6.08 Å². The molecule has 1 aliphatic heterocycles. The van der Waals surface area contributed by atoms with Crippen molar-refractivity contribution in [1.29, 1.82) is 0 Å². The van der Waals surface area contributed by atoms with Crippen LogP contribution in [0.5, 0.6) is 0 Å². The van der Waals surface area contributed by atoms with Crippen LogP contribution < -0.4 is 5.32 Å². The largest absolute Gasteiger partial charge is 0.444 e. The fourth-order valence-electron chi connectivity index (χ4n) is 2.21. The monoisotopic (exact) mass is 268 g/mol. The Bertz CT molecular complexity index is 310. The molecule has 0 aliphatic carbocycles. The zero-order chi connectivity index (χ0) is 14.5. The molecule has 1 fully saturated rings. The van der Waals surface area contributed by atoms with Gasteiger partial charge in [0.15, 0.2) is 0 Å². The van der Waals surface area contributed by atoms with Gasteiger partial charge in [-0.3, -0.25) is 0 Å². The standard InChI is InChI=1S/C15H28N2O2/c1-6-12(2)16-13-8-7-10-17(11-9-13)14(18)19-15(3,4)5/h6,12-13,16H,1,7-11H2,2-5H3/t12-,13-/m0/s1. The van der Waals surface area contributed by atoms with E-state index < -0.39 is 5.60 Å². The SMILES string of the molecule is C=C[C@H](C)N[C@H]1CCCN(C(=O)OC(C)(C)C)CC1. The van der Waals surface area contributed by atoms with Crippen LogP contribution >= 0.6 is 0 Å². The molecule has 2 atom stereocenters. The van der Waals surface area contributed by atoms with Crippen molar-refractivity contribution in [2.45, 2.75) is 64.6 Å². The van der Waals surface area contributed by atoms with E-state index in [1.165, 1.54) is 0 Å². The number of carbonyl (C=O) groups excluding carboxylic acids is 1. The molecule has 0 saturated carbocycles. The van der Waals surface area contributed by atoms with Gasteiger partial charge in [0.25, 0.3) is 0 Å². The van der Waals surface area contributed by atoms with Crippen LogP contribution in [0.3, 0.4) is 0 Å². The van der Waals surface area contributed by atoms with Crippen molar-refractivity contribution in [3.05, 3.63) is 12.7 Å². The fraction of sp³-hybridized carbons (Fsp3) is 0.800. The highest BCUT2D eigenvalue weighted by molar-refractivity contribution is 5.68. The molecule has 0 aromatic carbocycles. The Morgan fingerprint density at radius 3 is 2.68 bits per heavy atom. The first-order valence-electron chi connectivity index (χ1n) is 7.18. The molecule has 19 heavy (non-hydrogen) atoms. The maximum Gasteiger partial charge on any atom is 0.410 e. The third-order valence-electron chi connectivity index (χ3n) is 3.23. The Morgan fingerprint density at radius 1 is 1.42 bits per heavy atom. The first-order valence-corrected chi connectivity index (χ1v) is 7.18. The van der Waals surface area contributed by atoms with Crippen LogP contribution in [-0.2, 0) is 4.74 Å². The lowest BCUT2D eigenvalue weighted by Crippen LogP contribution is -2.39. The summed E-state index contributed by atoms with van der Waals surface area (Å²) in [6, 6.07) is 0.776. The molecule has 0 unspecified atom stereocenters. The lowest BCUT2D eigenvalue weighted by molar-refractivity contribution is 0.0256. The number of rotatable bonds is 3. The first-order chi connectivity index (χ1) is 8.81. The van der Waals surface area contributed by atoms with E-state index in [-0.39, 0.29) is 6.09 Å². The van der Waals surface area contributed by atoms with Gasteiger partial charge in [-0.2, -0.15) is 0 Å². The lowest BCUT2D eigenvalue weighted by Gasteiger charge is -2.26. The minimum Gasteiger partial charge on any atom is -0.444 e. The number of amides is 1. The molecule has 110 valence electrons. The summed E-state index contributed by atoms with van der Waals surface area (Å²) in [5.41, 5.74) is -0.418. The third-order valence-corrected chi connectivity index (χ3v) is 3.23. The summed E-state index contributed by atoms with van der Waals surface area (Å²) < 4.78 is 5.42. The zero-order valence-electron chi connectivity index (χ0n) is 12.7. The van der Waals surface area contributed by atoms with Gasteiger partial charge in [0.1, 0.15) is 5.60 Å². The Morgan fingerprint density at radius 2 is 2.11 bits per heavy atom. The van der Waals surface area contributed by atoms with E-state index in [0.717, 1.165) is 32.4 Å². The van der Waals surface area contributed by atoms with Gasteiger partial charge in [0.2, 0.25) is 0 Å². The Hall–Kier alpha value is -1.03. The highest BCUT2D eigenvalue weighted by Crippen LogP contribution is 2.15. The number of likely N-dealkylation sites (tertiary alicyclic amines) is 1. The molecule has 0 aromatic heterocycles. The van der Waals surface area contributed by atoms with E-state index in [9.17, 15) is 4.79 Å². The molecule has 0 bridgehead atoms. The molecule has 1 saturated heterocycles. The Balaban J connectivity index is 2.45. The molecule has 1 rings (SSSR count). The summed E-state index contributed by atoms with van der Waals surface area (Å²) >= 11 is 0. The molecule has 1 N–H and O–H groups in total. The van der Waals surface area contributed by atoms with Crippen LogP contribution in [0.2, 0.25) is 0 Å². The Labute approximate surface area is 117 Å².